The number of nitrogens with zero attached hydrogens (tertiary/aromatic N) is 1. The van der Waals surface area contributed by atoms with E-state index in [0.29, 0.717) is 11.1 Å². The van der Waals surface area contributed by atoms with E-state index in [1.54, 1.807) is 25.2 Å². The average molecular weight is 286 g/mol. The largest absolute Gasteiger partial charge is 0.419 e. The van der Waals surface area contributed by atoms with Gasteiger partial charge in [0.25, 0.3) is 5.91 Å². The van der Waals surface area contributed by atoms with Crippen LogP contribution in [0, 0.1) is 5.82 Å². The van der Waals surface area contributed by atoms with Crippen LogP contribution in [-0.2, 0) is 7.05 Å². The second kappa shape index (κ2) is 4.90. The highest BCUT2D eigenvalue weighted by molar-refractivity contribution is 6.05. The highest BCUT2D eigenvalue weighted by Crippen LogP contribution is 2.17. The van der Waals surface area contributed by atoms with Gasteiger partial charge in [0.1, 0.15) is 5.82 Å². The fourth-order valence-electron chi connectivity index (χ4n) is 2.03. The molecule has 0 atom stereocenters. The molecular formula is C15H11FN2O3. The predicted octanol–water partition coefficient (Wildman–Crippen LogP) is 2.52. The lowest BCUT2D eigenvalue weighted by Gasteiger charge is -2.06. The second-order valence-corrected chi connectivity index (χ2v) is 4.54. The van der Waals surface area contributed by atoms with Crippen LogP contribution >= 0.6 is 0 Å². The number of nitrogens with one attached hydrogen (secondary N) is 1. The Kier molecular flexibility index (Phi) is 3.06. The van der Waals surface area contributed by atoms with E-state index >= 15 is 0 Å². The number of fused-ring (bicyclic) bond motifs is 1. The van der Waals surface area contributed by atoms with Gasteiger partial charge in [0.05, 0.1) is 11.2 Å². The van der Waals surface area contributed by atoms with E-state index in [-0.39, 0.29) is 11.3 Å². The number of hydrogen-bond donors (Lipinski definition) is 1. The Labute approximate surface area is 118 Å². The molecule has 0 aliphatic carbocycles. The standard InChI is InChI=1S/C15H11FN2O3/c1-18-12-7-6-9(8-13(12)21-15(18)20)14(19)17-11-5-3-2-4-10(11)16/h2-8H,1H3,(H,17,19). The average Bonchev–Trinajstić information content (AvgIpc) is 2.76. The van der Waals surface area contributed by atoms with Crippen LogP contribution in [0.3, 0.4) is 0 Å². The third-order valence-corrected chi connectivity index (χ3v) is 3.18. The monoisotopic (exact) mass is 286 g/mol. The molecule has 3 rings (SSSR count). The number of carbonyl (C=O) groups is 1. The van der Waals surface area contributed by atoms with Crippen molar-refractivity contribution < 1.29 is 13.6 Å². The van der Waals surface area contributed by atoms with Crippen LogP contribution in [0.15, 0.2) is 51.7 Å². The molecule has 0 aliphatic rings. The van der Waals surface area contributed by atoms with Crippen molar-refractivity contribution in [3.8, 4) is 0 Å². The first-order valence-corrected chi connectivity index (χ1v) is 6.22. The van der Waals surface area contributed by atoms with E-state index in [9.17, 15) is 14.0 Å². The Balaban J connectivity index is 1.95. The van der Waals surface area contributed by atoms with E-state index in [1.807, 2.05) is 0 Å². The van der Waals surface area contributed by atoms with Gasteiger partial charge in [-0.3, -0.25) is 9.36 Å². The van der Waals surface area contributed by atoms with Gasteiger partial charge in [-0.1, -0.05) is 12.1 Å². The topological polar surface area (TPSA) is 64.2 Å². The fraction of sp³-hybridized carbons (Fsp3) is 0.0667. The van der Waals surface area contributed by atoms with Gasteiger partial charge in [-0.25, -0.2) is 9.18 Å². The highest BCUT2D eigenvalue weighted by atomic mass is 19.1. The summed E-state index contributed by atoms with van der Waals surface area (Å²) in [4.78, 5) is 23.5. The van der Waals surface area contributed by atoms with Crippen LogP contribution in [0.4, 0.5) is 10.1 Å². The van der Waals surface area contributed by atoms with E-state index in [1.165, 1.54) is 28.8 Å². The van der Waals surface area contributed by atoms with E-state index in [4.69, 9.17) is 4.42 Å². The lowest BCUT2D eigenvalue weighted by atomic mass is 10.2. The molecule has 0 bridgehead atoms. The van der Waals surface area contributed by atoms with Gasteiger partial charge >= 0.3 is 5.76 Å². The first-order valence-electron chi connectivity index (χ1n) is 6.22. The minimum atomic E-state index is -0.516. The molecule has 0 saturated heterocycles. The van der Waals surface area contributed by atoms with Gasteiger partial charge in [-0.05, 0) is 30.3 Å². The maximum Gasteiger partial charge on any atom is 0.419 e. The van der Waals surface area contributed by atoms with Crippen molar-refractivity contribution in [2.75, 3.05) is 5.32 Å². The number of para-hydroxylation sites is 1. The number of oxazole rings is 1. The Morgan fingerprint density at radius 2 is 2.00 bits per heavy atom. The third kappa shape index (κ3) is 2.31. The molecule has 21 heavy (non-hydrogen) atoms. The summed E-state index contributed by atoms with van der Waals surface area (Å²) >= 11 is 0. The summed E-state index contributed by atoms with van der Waals surface area (Å²) in [6, 6.07) is 10.5. The molecule has 6 heteroatoms. The smallest absolute Gasteiger partial charge is 0.408 e. The van der Waals surface area contributed by atoms with E-state index in [0.717, 1.165) is 0 Å². The van der Waals surface area contributed by atoms with Crippen molar-refractivity contribution in [1.82, 2.24) is 4.57 Å². The van der Waals surface area contributed by atoms with Crippen LogP contribution in [0.1, 0.15) is 10.4 Å². The number of anilines is 1. The molecule has 106 valence electrons. The summed E-state index contributed by atoms with van der Waals surface area (Å²) in [6.45, 7) is 0. The van der Waals surface area contributed by atoms with Crippen molar-refractivity contribution >= 4 is 22.7 Å². The number of halogens is 1. The van der Waals surface area contributed by atoms with Crippen molar-refractivity contribution in [2.24, 2.45) is 7.05 Å². The minimum Gasteiger partial charge on any atom is -0.408 e. The van der Waals surface area contributed by atoms with Crippen molar-refractivity contribution in [3.05, 3.63) is 64.4 Å². The van der Waals surface area contributed by atoms with Crippen molar-refractivity contribution in [3.63, 3.8) is 0 Å². The molecule has 1 N–H and O–H groups in total. The Morgan fingerprint density at radius 3 is 2.76 bits per heavy atom. The summed E-state index contributed by atoms with van der Waals surface area (Å²) in [7, 11) is 1.58. The number of rotatable bonds is 2. The molecule has 1 heterocycles. The zero-order valence-corrected chi connectivity index (χ0v) is 11.1. The van der Waals surface area contributed by atoms with Gasteiger partial charge in [-0.2, -0.15) is 0 Å². The Morgan fingerprint density at radius 1 is 1.24 bits per heavy atom. The predicted molar refractivity (Wildman–Crippen MR) is 75.8 cm³/mol. The molecule has 0 radical (unpaired) electrons. The fourth-order valence-corrected chi connectivity index (χ4v) is 2.03. The molecule has 0 aliphatic heterocycles. The van der Waals surface area contributed by atoms with Crippen LogP contribution < -0.4 is 11.1 Å². The maximum atomic E-state index is 13.5. The number of hydrogen-bond acceptors (Lipinski definition) is 3. The zero-order chi connectivity index (χ0) is 15.0. The van der Waals surface area contributed by atoms with Gasteiger partial charge in [0.15, 0.2) is 5.58 Å². The number of carbonyl (C=O) groups excluding carboxylic acids is 1. The Bertz CT molecular complexity index is 895. The molecule has 0 unspecified atom stereocenters. The summed E-state index contributed by atoms with van der Waals surface area (Å²) in [6.07, 6.45) is 0. The van der Waals surface area contributed by atoms with Crippen molar-refractivity contribution in [2.45, 2.75) is 0 Å². The van der Waals surface area contributed by atoms with Gasteiger partial charge < -0.3 is 9.73 Å². The lowest BCUT2D eigenvalue weighted by Crippen LogP contribution is -2.12. The van der Waals surface area contributed by atoms with E-state index in [2.05, 4.69) is 5.32 Å². The quantitative estimate of drug-likeness (QED) is 0.787. The van der Waals surface area contributed by atoms with Gasteiger partial charge in [0.2, 0.25) is 0 Å². The molecule has 1 aromatic heterocycles. The van der Waals surface area contributed by atoms with Crippen LogP contribution in [0.25, 0.3) is 11.1 Å². The van der Waals surface area contributed by atoms with Crippen LogP contribution in [0.2, 0.25) is 0 Å². The SMILES string of the molecule is Cn1c(=O)oc2cc(C(=O)Nc3ccccc3F)ccc21. The number of aryl methyl sites for hydroxylation is 1. The summed E-state index contributed by atoms with van der Waals surface area (Å²) in [5.74, 6) is -1.50. The third-order valence-electron chi connectivity index (χ3n) is 3.18. The van der Waals surface area contributed by atoms with E-state index < -0.39 is 17.5 Å². The first kappa shape index (κ1) is 13.1. The summed E-state index contributed by atoms with van der Waals surface area (Å²) < 4.78 is 19.9. The summed E-state index contributed by atoms with van der Waals surface area (Å²) in [5.41, 5.74) is 1.27. The maximum absolute atomic E-state index is 13.5. The zero-order valence-electron chi connectivity index (χ0n) is 11.1. The first-order chi connectivity index (χ1) is 10.1. The number of benzene rings is 2. The molecule has 1 amide bonds. The van der Waals surface area contributed by atoms with Crippen molar-refractivity contribution in [1.29, 1.82) is 0 Å². The highest BCUT2D eigenvalue weighted by Gasteiger charge is 2.12. The second-order valence-electron chi connectivity index (χ2n) is 4.54. The van der Waals surface area contributed by atoms with Crippen LogP contribution in [0.5, 0.6) is 0 Å². The summed E-state index contributed by atoms with van der Waals surface area (Å²) in [5, 5.41) is 2.47. The van der Waals surface area contributed by atoms with Gasteiger partial charge in [0, 0.05) is 12.6 Å². The normalized spacial score (nSPS) is 10.8. The molecule has 0 saturated carbocycles. The number of amides is 1. The molecule has 0 fully saturated rings. The Hall–Kier alpha value is -2.89. The molecule has 2 aromatic carbocycles. The van der Waals surface area contributed by atoms with Gasteiger partial charge in [-0.15, -0.1) is 0 Å². The molecule has 3 aromatic rings. The molecule has 5 nitrogen and oxygen atoms in total. The lowest BCUT2D eigenvalue weighted by molar-refractivity contribution is 0.102. The van der Waals surface area contributed by atoms with Crippen LogP contribution in [-0.4, -0.2) is 10.5 Å². The minimum absolute atomic E-state index is 0.0945. The molecular weight excluding hydrogens is 275 g/mol. The molecule has 0 spiro atoms. The number of aromatic nitrogens is 1.